The zero-order valence-electron chi connectivity index (χ0n) is 10.6. The van der Waals surface area contributed by atoms with E-state index in [1.165, 1.54) is 0 Å². The van der Waals surface area contributed by atoms with E-state index in [1.807, 2.05) is 6.92 Å². The van der Waals surface area contributed by atoms with Gasteiger partial charge in [0, 0.05) is 18.6 Å². The number of hydrogen-bond acceptors (Lipinski definition) is 4. The molecule has 0 aromatic rings. The summed E-state index contributed by atoms with van der Waals surface area (Å²) in [5.41, 5.74) is -0.448. The molecule has 0 bridgehead atoms. The Balaban J connectivity index is 3.83. The van der Waals surface area contributed by atoms with E-state index in [0.717, 1.165) is 25.8 Å². The van der Waals surface area contributed by atoms with Gasteiger partial charge in [-0.25, -0.2) is 0 Å². The lowest BCUT2D eigenvalue weighted by Crippen LogP contribution is -2.39. The topological polar surface area (TPSA) is 72.7 Å². The number of aliphatic hydroxyl groups is 3. The first-order valence-electron chi connectivity index (χ1n) is 6.15. The summed E-state index contributed by atoms with van der Waals surface area (Å²) < 4.78 is 0. The minimum absolute atomic E-state index is 0.0189. The highest BCUT2D eigenvalue weighted by Gasteiger charge is 2.22. The summed E-state index contributed by atoms with van der Waals surface area (Å²) in [6.07, 6.45) is 3.03. The number of hydrogen-bond donors (Lipinski definition) is 4. The van der Waals surface area contributed by atoms with Gasteiger partial charge in [0.1, 0.15) is 0 Å². The van der Waals surface area contributed by atoms with E-state index in [1.54, 1.807) is 0 Å². The maximum Gasteiger partial charge on any atom is 0.0518 e. The van der Waals surface area contributed by atoms with Gasteiger partial charge < -0.3 is 20.6 Å². The van der Waals surface area contributed by atoms with Crippen molar-refractivity contribution in [3.05, 3.63) is 0 Å². The third kappa shape index (κ3) is 6.43. The summed E-state index contributed by atoms with van der Waals surface area (Å²) in [4.78, 5) is 0. The Bertz CT molecular complexity index is 154. The second kappa shape index (κ2) is 8.93. The first kappa shape index (κ1) is 15.8. The van der Waals surface area contributed by atoms with E-state index >= 15 is 0 Å². The Hall–Kier alpha value is -0.160. The van der Waals surface area contributed by atoms with Gasteiger partial charge in [-0.15, -0.1) is 0 Å². The van der Waals surface area contributed by atoms with E-state index < -0.39 is 5.41 Å². The predicted molar refractivity (Wildman–Crippen MR) is 65.2 cm³/mol. The van der Waals surface area contributed by atoms with E-state index in [2.05, 4.69) is 12.2 Å². The Morgan fingerprint density at radius 3 is 2.19 bits per heavy atom. The summed E-state index contributed by atoms with van der Waals surface area (Å²) >= 11 is 0. The van der Waals surface area contributed by atoms with Crippen molar-refractivity contribution in [1.29, 1.82) is 0 Å². The lowest BCUT2D eigenvalue weighted by molar-refractivity contribution is 0.0685. The molecule has 0 aromatic heterocycles. The van der Waals surface area contributed by atoms with Gasteiger partial charge >= 0.3 is 0 Å². The van der Waals surface area contributed by atoms with Gasteiger partial charge in [0.25, 0.3) is 0 Å². The molecule has 4 N–H and O–H groups in total. The molecule has 98 valence electrons. The molecule has 1 unspecified atom stereocenters. The molecule has 0 saturated heterocycles. The smallest absolute Gasteiger partial charge is 0.0518 e. The van der Waals surface area contributed by atoms with Crippen molar-refractivity contribution in [1.82, 2.24) is 5.32 Å². The normalized spacial score (nSPS) is 14.1. The predicted octanol–water partition coefficient (Wildman–Crippen LogP) is 0.366. The van der Waals surface area contributed by atoms with Crippen LogP contribution in [0.15, 0.2) is 0 Å². The van der Waals surface area contributed by atoms with Gasteiger partial charge in [-0.2, -0.15) is 0 Å². The van der Waals surface area contributed by atoms with Crippen LogP contribution in [0.4, 0.5) is 0 Å². The van der Waals surface area contributed by atoms with Crippen LogP contribution in [0, 0.1) is 11.3 Å². The van der Waals surface area contributed by atoms with E-state index in [0.29, 0.717) is 12.5 Å². The maximum atomic E-state index is 9.12. The lowest BCUT2D eigenvalue weighted by atomic mass is 9.92. The van der Waals surface area contributed by atoms with Gasteiger partial charge in [0.15, 0.2) is 0 Å². The standard InChI is InChI=1S/C12H27NO3/c1-3-4-11(5-6-14)7-13-8-12(2,9-15)10-16/h11,13-16H,3-10H2,1-2H3. The van der Waals surface area contributed by atoms with Crippen LogP contribution in [0.3, 0.4) is 0 Å². The highest BCUT2D eigenvalue weighted by molar-refractivity contribution is 4.75. The summed E-state index contributed by atoms with van der Waals surface area (Å²) in [7, 11) is 0. The molecule has 0 fully saturated rings. The third-order valence-corrected chi connectivity index (χ3v) is 2.98. The molecular weight excluding hydrogens is 206 g/mol. The summed E-state index contributed by atoms with van der Waals surface area (Å²) in [5, 5.41) is 30.4. The first-order valence-corrected chi connectivity index (χ1v) is 6.15. The fraction of sp³-hybridized carbons (Fsp3) is 1.00. The Morgan fingerprint density at radius 2 is 1.75 bits per heavy atom. The molecule has 0 aliphatic carbocycles. The van der Waals surface area contributed by atoms with Crippen LogP contribution in [0.1, 0.15) is 33.1 Å². The highest BCUT2D eigenvalue weighted by Crippen LogP contribution is 2.14. The highest BCUT2D eigenvalue weighted by atomic mass is 16.3. The fourth-order valence-electron chi connectivity index (χ4n) is 1.68. The monoisotopic (exact) mass is 233 g/mol. The van der Waals surface area contributed by atoms with Crippen LogP contribution in [-0.4, -0.2) is 48.2 Å². The van der Waals surface area contributed by atoms with Gasteiger partial charge in [0.2, 0.25) is 0 Å². The molecule has 4 heteroatoms. The van der Waals surface area contributed by atoms with Crippen molar-refractivity contribution in [3.63, 3.8) is 0 Å². The van der Waals surface area contributed by atoms with Crippen LogP contribution >= 0.6 is 0 Å². The Morgan fingerprint density at radius 1 is 1.12 bits per heavy atom. The van der Waals surface area contributed by atoms with E-state index in [4.69, 9.17) is 15.3 Å². The SMILES string of the molecule is CCCC(CCO)CNCC(C)(CO)CO. The Labute approximate surface area is 98.7 Å². The zero-order chi connectivity index (χ0) is 12.4. The zero-order valence-corrected chi connectivity index (χ0v) is 10.6. The van der Waals surface area contributed by atoms with E-state index in [9.17, 15) is 0 Å². The van der Waals surface area contributed by atoms with Gasteiger partial charge in [-0.05, 0) is 25.3 Å². The summed E-state index contributed by atoms with van der Waals surface area (Å²) in [5.74, 6) is 0.483. The van der Waals surface area contributed by atoms with Crippen LogP contribution in [0.5, 0.6) is 0 Å². The molecule has 0 heterocycles. The largest absolute Gasteiger partial charge is 0.396 e. The Kier molecular flexibility index (Phi) is 8.84. The molecule has 0 aromatic carbocycles. The third-order valence-electron chi connectivity index (χ3n) is 2.98. The number of nitrogens with one attached hydrogen (secondary N) is 1. The maximum absolute atomic E-state index is 9.12. The quantitative estimate of drug-likeness (QED) is 0.440. The molecular formula is C12H27NO3. The molecule has 0 spiro atoms. The summed E-state index contributed by atoms with van der Waals surface area (Å²) in [6.45, 7) is 5.61. The minimum atomic E-state index is -0.448. The van der Waals surface area contributed by atoms with Crippen molar-refractivity contribution < 1.29 is 15.3 Å². The van der Waals surface area contributed by atoms with Crippen molar-refractivity contribution in [2.75, 3.05) is 32.9 Å². The number of rotatable bonds is 10. The molecule has 0 radical (unpaired) electrons. The van der Waals surface area contributed by atoms with Crippen LogP contribution in [-0.2, 0) is 0 Å². The van der Waals surface area contributed by atoms with Crippen LogP contribution in [0.25, 0.3) is 0 Å². The second-order valence-electron chi connectivity index (χ2n) is 4.92. The number of aliphatic hydroxyl groups excluding tert-OH is 3. The average Bonchev–Trinajstić information content (AvgIpc) is 2.29. The average molecular weight is 233 g/mol. The summed E-state index contributed by atoms with van der Waals surface area (Å²) in [6, 6.07) is 0. The molecule has 0 amide bonds. The minimum Gasteiger partial charge on any atom is -0.396 e. The van der Waals surface area contributed by atoms with Gasteiger partial charge in [-0.3, -0.25) is 0 Å². The van der Waals surface area contributed by atoms with Crippen molar-refractivity contribution in [2.24, 2.45) is 11.3 Å². The molecule has 0 rings (SSSR count). The molecule has 0 aliphatic heterocycles. The van der Waals surface area contributed by atoms with Crippen LogP contribution < -0.4 is 5.32 Å². The lowest BCUT2D eigenvalue weighted by Gasteiger charge is -2.26. The van der Waals surface area contributed by atoms with Crippen molar-refractivity contribution in [2.45, 2.75) is 33.1 Å². The van der Waals surface area contributed by atoms with Gasteiger partial charge in [0.05, 0.1) is 13.2 Å². The molecule has 4 nitrogen and oxygen atoms in total. The fourth-order valence-corrected chi connectivity index (χ4v) is 1.68. The van der Waals surface area contributed by atoms with Crippen molar-refractivity contribution >= 4 is 0 Å². The first-order chi connectivity index (χ1) is 7.61. The second-order valence-corrected chi connectivity index (χ2v) is 4.92. The molecule has 16 heavy (non-hydrogen) atoms. The molecule has 1 atom stereocenters. The van der Waals surface area contributed by atoms with E-state index in [-0.39, 0.29) is 19.8 Å². The van der Waals surface area contributed by atoms with Crippen molar-refractivity contribution in [3.8, 4) is 0 Å². The van der Waals surface area contributed by atoms with Crippen LogP contribution in [0.2, 0.25) is 0 Å². The molecule has 0 saturated carbocycles. The molecule has 0 aliphatic rings. The van der Waals surface area contributed by atoms with Gasteiger partial charge in [-0.1, -0.05) is 20.3 Å².